The molecule has 0 fully saturated rings. The minimum atomic E-state index is -3.74. The largest absolute Gasteiger partial charge is 0.468 e. The van der Waals surface area contributed by atoms with Gasteiger partial charge in [0.05, 0.1) is 13.4 Å². The molecule has 0 amide bonds. The van der Waals surface area contributed by atoms with Crippen LogP contribution in [0.5, 0.6) is 0 Å². The molecule has 2 N–H and O–H groups in total. The first kappa shape index (κ1) is 14.7. The zero-order valence-corrected chi connectivity index (χ0v) is 12.2. The van der Waals surface area contributed by atoms with E-state index < -0.39 is 22.0 Å². The van der Waals surface area contributed by atoms with Crippen LogP contribution in [0.25, 0.3) is 0 Å². The molecule has 0 unspecified atom stereocenters. The molecule has 108 valence electrons. The maximum absolute atomic E-state index is 12.1. The van der Waals surface area contributed by atoms with Gasteiger partial charge in [-0.1, -0.05) is 6.07 Å². The molecule has 0 radical (unpaired) electrons. The molecule has 2 aromatic heterocycles. The molecular weight excluding hydrogens is 302 g/mol. The highest BCUT2D eigenvalue weighted by molar-refractivity contribution is 7.91. The number of carbonyl (C=O) groups is 1. The third-order valence-electron chi connectivity index (χ3n) is 2.52. The fourth-order valence-corrected chi connectivity index (χ4v) is 3.79. The van der Waals surface area contributed by atoms with E-state index in [9.17, 15) is 13.2 Å². The Kier molecular flexibility index (Phi) is 4.53. The number of methoxy groups -OCH3 is 1. The van der Waals surface area contributed by atoms with Crippen molar-refractivity contribution in [3.8, 4) is 0 Å². The average molecular weight is 315 g/mol. The number of hydrogen-bond donors (Lipinski definition) is 2. The highest BCUT2D eigenvalue weighted by atomic mass is 32.2. The number of sulfonamides is 1. The third kappa shape index (κ3) is 3.44. The second kappa shape index (κ2) is 6.16. The molecule has 0 bridgehead atoms. The van der Waals surface area contributed by atoms with Gasteiger partial charge in [-0.2, -0.15) is 4.72 Å². The molecule has 0 spiro atoms. The highest BCUT2D eigenvalue weighted by Crippen LogP contribution is 2.16. The van der Waals surface area contributed by atoms with E-state index in [4.69, 9.17) is 0 Å². The highest BCUT2D eigenvalue weighted by Gasteiger charge is 2.27. The van der Waals surface area contributed by atoms with Crippen LogP contribution >= 0.6 is 11.3 Å². The maximum Gasteiger partial charge on any atom is 0.324 e. The smallest absolute Gasteiger partial charge is 0.324 e. The number of ether oxygens (including phenoxy) is 1. The van der Waals surface area contributed by atoms with E-state index in [2.05, 4.69) is 19.4 Å². The van der Waals surface area contributed by atoms with E-state index in [1.807, 2.05) is 0 Å². The average Bonchev–Trinajstić information content (AvgIpc) is 3.09. The van der Waals surface area contributed by atoms with Crippen LogP contribution in [0, 0.1) is 0 Å². The Labute approximate surface area is 120 Å². The van der Waals surface area contributed by atoms with E-state index >= 15 is 0 Å². The van der Waals surface area contributed by atoms with Crippen LogP contribution in [0.15, 0.2) is 34.2 Å². The summed E-state index contributed by atoms with van der Waals surface area (Å²) < 4.78 is 31.4. The zero-order valence-electron chi connectivity index (χ0n) is 10.6. The molecule has 2 aromatic rings. The third-order valence-corrected chi connectivity index (χ3v) is 5.39. The number of esters is 1. The quantitative estimate of drug-likeness (QED) is 0.757. The number of H-pyrrole nitrogens is 1. The SMILES string of the molecule is COC(=O)[C@H](Cc1cnc[nH]1)NS(=O)(=O)c1cccs1. The number of aromatic nitrogens is 2. The van der Waals surface area contributed by atoms with Crippen molar-refractivity contribution in [1.82, 2.24) is 14.7 Å². The van der Waals surface area contributed by atoms with Crippen LogP contribution in [0.2, 0.25) is 0 Å². The lowest BCUT2D eigenvalue weighted by Crippen LogP contribution is -2.42. The van der Waals surface area contributed by atoms with Crippen molar-refractivity contribution in [3.63, 3.8) is 0 Å². The van der Waals surface area contributed by atoms with Gasteiger partial charge in [-0.05, 0) is 11.4 Å². The molecule has 20 heavy (non-hydrogen) atoms. The fraction of sp³-hybridized carbons (Fsp3) is 0.273. The number of carbonyl (C=O) groups excluding carboxylic acids is 1. The molecule has 9 heteroatoms. The number of hydrogen-bond acceptors (Lipinski definition) is 6. The number of nitrogens with zero attached hydrogens (tertiary/aromatic N) is 1. The molecule has 0 aliphatic heterocycles. The Morgan fingerprint density at radius 3 is 2.95 bits per heavy atom. The van der Waals surface area contributed by atoms with E-state index in [1.54, 1.807) is 11.4 Å². The summed E-state index contributed by atoms with van der Waals surface area (Å²) in [5.74, 6) is -0.653. The Hall–Kier alpha value is -1.71. The molecule has 0 saturated carbocycles. The van der Waals surface area contributed by atoms with E-state index in [0.29, 0.717) is 5.69 Å². The first-order chi connectivity index (χ1) is 9.53. The van der Waals surface area contributed by atoms with Crippen LogP contribution < -0.4 is 4.72 Å². The lowest BCUT2D eigenvalue weighted by Gasteiger charge is -2.15. The molecule has 0 aliphatic rings. The van der Waals surface area contributed by atoms with Crippen LogP contribution in [0.1, 0.15) is 5.69 Å². The summed E-state index contributed by atoms with van der Waals surface area (Å²) in [5, 5.41) is 1.65. The summed E-state index contributed by atoms with van der Waals surface area (Å²) >= 11 is 1.08. The van der Waals surface area contributed by atoms with Gasteiger partial charge < -0.3 is 9.72 Å². The zero-order chi connectivity index (χ0) is 14.6. The van der Waals surface area contributed by atoms with Crippen molar-refractivity contribution >= 4 is 27.3 Å². The van der Waals surface area contributed by atoms with Crippen molar-refractivity contribution < 1.29 is 17.9 Å². The predicted molar refractivity (Wildman–Crippen MR) is 72.7 cm³/mol. The Balaban J connectivity index is 2.18. The van der Waals surface area contributed by atoms with E-state index in [0.717, 1.165) is 11.3 Å². The van der Waals surface area contributed by atoms with Gasteiger partial charge in [-0.15, -0.1) is 11.3 Å². The molecule has 0 aromatic carbocycles. The molecule has 7 nitrogen and oxygen atoms in total. The van der Waals surface area contributed by atoms with Crippen LogP contribution in [-0.4, -0.2) is 37.5 Å². The standard InChI is InChI=1S/C11H13N3O4S2/c1-18-11(15)9(5-8-6-12-7-13-8)14-20(16,17)10-3-2-4-19-10/h2-4,6-7,9,14H,5H2,1H3,(H,12,13)/t9-/m0/s1. The molecule has 2 rings (SSSR count). The summed E-state index contributed by atoms with van der Waals surface area (Å²) in [6.45, 7) is 0. The molecule has 1 atom stereocenters. The number of thiophene rings is 1. The van der Waals surface area contributed by atoms with Gasteiger partial charge in [0, 0.05) is 18.3 Å². The van der Waals surface area contributed by atoms with E-state index in [-0.39, 0.29) is 10.6 Å². The molecular formula is C11H13N3O4S2. The van der Waals surface area contributed by atoms with Crippen LogP contribution in [0.4, 0.5) is 0 Å². The minimum absolute atomic E-state index is 0.136. The summed E-state index contributed by atoms with van der Waals surface area (Å²) in [6, 6.07) is 2.09. The number of aromatic amines is 1. The summed E-state index contributed by atoms with van der Waals surface area (Å²) in [5.41, 5.74) is 0.634. The molecule has 0 saturated heterocycles. The number of imidazole rings is 1. The predicted octanol–water partition coefficient (Wildman–Crippen LogP) is 0.534. The first-order valence-corrected chi connectivity index (χ1v) is 8.00. The number of rotatable bonds is 6. The van der Waals surface area contributed by atoms with Gasteiger partial charge in [-0.25, -0.2) is 13.4 Å². The Morgan fingerprint density at radius 1 is 1.60 bits per heavy atom. The van der Waals surface area contributed by atoms with Crippen molar-refractivity contribution in [3.05, 3.63) is 35.7 Å². The summed E-state index contributed by atoms with van der Waals surface area (Å²) in [6.07, 6.45) is 3.12. The lowest BCUT2D eigenvalue weighted by atomic mass is 10.2. The topological polar surface area (TPSA) is 101 Å². The van der Waals surface area contributed by atoms with Crippen LogP contribution in [0.3, 0.4) is 0 Å². The van der Waals surface area contributed by atoms with Crippen molar-refractivity contribution in [2.45, 2.75) is 16.7 Å². The van der Waals surface area contributed by atoms with E-state index in [1.165, 1.54) is 25.7 Å². The fourth-order valence-electron chi connectivity index (χ4n) is 1.59. The van der Waals surface area contributed by atoms with Gasteiger partial charge in [-0.3, -0.25) is 4.79 Å². The molecule has 2 heterocycles. The molecule has 0 aliphatic carbocycles. The summed E-state index contributed by atoms with van der Waals surface area (Å²) in [4.78, 5) is 18.3. The lowest BCUT2D eigenvalue weighted by molar-refractivity contribution is -0.142. The summed E-state index contributed by atoms with van der Waals surface area (Å²) in [7, 11) is -2.53. The normalized spacial score (nSPS) is 13.1. The monoisotopic (exact) mass is 315 g/mol. The van der Waals surface area contributed by atoms with Crippen molar-refractivity contribution in [1.29, 1.82) is 0 Å². The van der Waals surface area contributed by atoms with Gasteiger partial charge in [0.1, 0.15) is 10.3 Å². The van der Waals surface area contributed by atoms with Crippen molar-refractivity contribution in [2.24, 2.45) is 0 Å². The number of nitrogens with one attached hydrogen (secondary N) is 2. The maximum atomic E-state index is 12.1. The Bertz CT molecular complexity index is 650. The van der Waals surface area contributed by atoms with Gasteiger partial charge in [0.25, 0.3) is 10.0 Å². The Morgan fingerprint density at radius 2 is 2.40 bits per heavy atom. The van der Waals surface area contributed by atoms with Crippen LogP contribution in [-0.2, 0) is 26.0 Å². The first-order valence-electron chi connectivity index (χ1n) is 5.64. The minimum Gasteiger partial charge on any atom is -0.468 e. The van der Waals surface area contributed by atoms with Gasteiger partial charge >= 0.3 is 5.97 Å². The van der Waals surface area contributed by atoms with Gasteiger partial charge in [0.15, 0.2) is 0 Å². The second-order valence-electron chi connectivity index (χ2n) is 3.91. The second-order valence-corrected chi connectivity index (χ2v) is 6.80. The van der Waals surface area contributed by atoms with Gasteiger partial charge in [0.2, 0.25) is 0 Å². The van der Waals surface area contributed by atoms with Crippen molar-refractivity contribution in [2.75, 3.05) is 7.11 Å².